The van der Waals surface area contributed by atoms with E-state index in [0.717, 1.165) is 6.42 Å². The second kappa shape index (κ2) is 6.54. The maximum atomic E-state index is 12.0. The predicted molar refractivity (Wildman–Crippen MR) is 76.8 cm³/mol. The van der Waals surface area contributed by atoms with E-state index in [1.54, 1.807) is 31.2 Å². The Morgan fingerprint density at radius 1 is 1.33 bits per heavy atom. The fourth-order valence-corrected chi connectivity index (χ4v) is 2.72. The van der Waals surface area contributed by atoms with Crippen LogP contribution >= 0.6 is 0 Å². The van der Waals surface area contributed by atoms with Crippen LogP contribution in [0.1, 0.15) is 27.2 Å². The number of carbonyl (C=O) groups excluding carboxylic acids is 1. The van der Waals surface area contributed by atoms with Crippen molar-refractivity contribution in [2.24, 2.45) is 0 Å². The molecule has 0 heterocycles. The zero-order chi connectivity index (χ0) is 13.7. The van der Waals surface area contributed by atoms with Crippen LogP contribution in [0.4, 0.5) is 11.4 Å². The molecule has 18 heavy (non-hydrogen) atoms. The van der Waals surface area contributed by atoms with Crippen LogP contribution in [0.5, 0.6) is 0 Å². The Hall–Kier alpha value is -1.36. The molecule has 0 spiro atoms. The number of nitrogen functional groups attached to an aromatic ring is 1. The third-order valence-corrected chi connectivity index (χ3v) is 4.90. The zero-order valence-corrected chi connectivity index (χ0v) is 11.8. The summed E-state index contributed by atoms with van der Waals surface area (Å²) in [5.41, 5.74) is 6.87. The molecule has 1 aromatic carbocycles. The van der Waals surface area contributed by atoms with E-state index < -0.39 is 16.0 Å². The van der Waals surface area contributed by atoms with Gasteiger partial charge in [-0.15, -0.1) is 0 Å². The van der Waals surface area contributed by atoms with Crippen molar-refractivity contribution in [1.82, 2.24) is 0 Å². The molecule has 4 nitrogen and oxygen atoms in total. The lowest BCUT2D eigenvalue weighted by molar-refractivity contribution is -0.115. The number of benzene rings is 1. The van der Waals surface area contributed by atoms with E-state index in [9.17, 15) is 9.00 Å². The summed E-state index contributed by atoms with van der Waals surface area (Å²) in [6, 6.07) is 6.88. The lowest BCUT2D eigenvalue weighted by Gasteiger charge is -2.16. The second-order valence-corrected chi connectivity index (χ2v) is 6.47. The van der Waals surface area contributed by atoms with Crippen LogP contribution in [-0.4, -0.2) is 20.6 Å². The number of rotatable bonds is 5. The fraction of sp³-hybridized carbons (Fsp3) is 0.462. The first-order valence-corrected chi connectivity index (χ1v) is 7.29. The molecule has 0 radical (unpaired) electrons. The smallest absolute Gasteiger partial charge is 0.239 e. The van der Waals surface area contributed by atoms with Crippen LogP contribution < -0.4 is 11.1 Å². The molecule has 0 aliphatic rings. The average Bonchev–Trinajstić information content (AvgIpc) is 2.38. The van der Waals surface area contributed by atoms with E-state index in [2.05, 4.69) is 5.32 Å². The summed E-state index contributed by atoms with van der Waals surface area (Å²) < 4.78 is 12.0. The van der Waals surface area contributed by atoms with Crippen molar-refractivity contribution in [3.63, 3.8) is 0 Å². The Kier molecular flexibility index (Phi) is 5.34. The molecule has 1 rings (SSSR count). The normalized spacial score (nSPS) is 15.7. The van der Waals surface area contributed by atoms with Gasteiger partial charge in [-0.1, -0.05) is 13.8 Å². The SMILES string of the molecule is CCC(C)S(=O)C(C)C(=O)Nc1ccc(N)cc1. The lowest BCUT2D eigenvalue weighted by Crippen LogP contribution is -2.33. The van der Waals surface area contributed by atoms with Crippen molar-refractivity contribution >= 4 is 28.1 Å². The molecular weight excluding hydrogens is 248 g/mol. The second-order valence-electron chi connectivity index (χ2n) is 4.30. The maximum Gasteiger partial charge on any atom is 0.239 e. The van der Waals surface area contributed by atoms with Gasteiger partial charge in [-0.3, -0.25) is 9.00 Å². The Bertz CT molecular complexity index is 431. The van der Waals surface area contributed by atoms with Crippen LogP contribution in [0, 0.1) is 0 Å². The molecule has 1 aromatic rings. The van der Waals surface area contributed by atoms with Gasteiger partial charge in [-0.05, 0) is 37.6 Å². The standard InChI is InChI=1S/C13H20N2O2S/c1-4-9(2)18(17)10(3)13(16)15-12-7-5-11(14)6-8-12/h5-10H,4,14H2,1-3H3,(H,15,16). The number of anilines is 2. The molecule has 0 aromatic heterocycles. The highest BCUT2D eigenvalue weighted by molar-refractivity contribution is 7.87. The Balaban J connectivity index is 2.65. The van der Waals surface area contributed by atoms with E-state index >= 15 is 0 Å². The van der Waals surface area contributed by atoms with E-state index in [1.807, 2.05) is 13.8 Å². The summed E-state index contributed by atoms with van der Waals surface area (Å²) >= 11 is 0. The van der Waals surface area contributed by atoms with Gasteiger partial charge in [0.05, 0.1) is 0 Å². The third-order valence-electron chi connectivity index (χ3n) is 2.87. The number of carbonyl (C=O) groups is 1. The highest BCUT2D eigenvalue weighted by Gasteiger charge is 2.23. The molecule has 0 aliphatic carbocycles. The molecule has 5 heteroatoms. The number of amides is 1. The van der Waals surface area contributed by atoms with Gasteiger partial charge in [0.25, 0.3) is 0 Å². The molecule has 0 saturated heterocycles. The van der Waals surface area contributed by atoms with E-state index in [-0.39, 0.29) is 11.2 Å². The third kappa shape index (κ3) is 3.84. The Labute approximate surface area is 110 Å². The predicted octanol–water partition coefficient (Wildman–Crippen LogP) is 2.14. The molecule has 3 unspecified atom stereocenters. The highest BCUT2D eigenvalue weighted by Crippen LogP contribution is 2.13. The molecule has 3 atom stereocenters. The van der Waals surface area contributed by atoms with Crippen LogP contribution in [0.3, 0.4) is 0 Å². The summed E-state index contributed by atoms with van der Waals surface area (Å²) in [5, 5.41) is 2.25. The van der Waals surface area contributed by atoms with E-state index in [4.69, 9.17) is 5.73 Å². The maximum absolute atomic E-state index is 12.0. The Morgan fingerprint density at radius 2 is 1.89 bits per heavy atom. The monoisotopic (exact) mass is 268 g/mol. The summed E-state index contributed by atoms with van der Waals surface area (Å²) in [7, 11) is -1.15. The first-order valence-electron chi connectivity index (χ1n) is 6.01. The molecule has 0 aliphatic heterocycles. The van der Waals surface area contributed by atoms with Crippen LogP contribution in [-0.2, 0) is 15.6 Å². The van der Waals surface area contributed by atoms with Gasteiger partial charge >= 0.3 is 0 Å². The Morgan fingerprint density at radius 3 is 2.39 bits per heavy atom. The van der Waals surface area contributed by atoms with Gasteiger partial charge < -0.3 is 11.1 Å². The quantitative estimate of drug-likeness (QED) is 0.804. The molecule has 3 N–H and O–H groups in total. The number of nitrogens with one attached hydrogen (secondary N) is 1. The molecule has 0 fully saturated rings. The van der Waals surface area contributed by atoms with Crippen molar-refractivity contribution in [3.05, 3.63) is 24.3 Å². The molecule has 100 valence electrons. The molecular formula is C13H20N2O2S. The molecule has 0 saturated carbocycles. The average molecular weight is 268 g/mol. The first kappa shape index (κ1) is 14.7. The highest BCUT2D eigenvalue weighted by atomic mass is 32.2. The van der Waals surface area contributed by atoms with Crippen molar-refractivity contribution in [3.8, 4) is 0 Å². The van der Waals surface area contributed by atoms with Crippen LogP contribution in [0.15, 0.2) is 24.3 Å². The van der Waals surface area contributed by atoms with Crippen molar-refractivity contribution in [1.29, 1.82) is 0 Å². The minimum atomic E-state index is -1.15. The van der Waals surface area contributed by atoms with Gasteiger partial charge in [0.1, 0.15) is 5.25 Å². The largest absolute Gasteiger partial charge is 0.399 e. The summed E-state index contributed by atoms with van der Waals surface area (Å²) in [6.07, 6.45) is 0.798. The van der Waals surface area contributed by atoms with Gasteiger partial charge in [-0.2, -0.15) is 0 Å². The molecule has 0 bridgehead atoms. The fourth-order valence-electron chi connectivity index (χ4n) is 1.43. The van der Waals surface area contributed by atoms with Gasteiger partial charge in [-0.25, -0.2) is 0 Å². The first-order chi connectivity index (χ1) is 8.45. The van der Waals surface area contributed by atoms with E-state index in [0.29, 0.717) is 11.4 Å². The van der Waals surface area contributed by atoms with Gasteiger partial charge in [0, 0.05) is 27.4 Å². The number of hydrogen-bond donors (Lipinski definition) is 2. The van der Waals surface area contributed by atoms with Crippen molar-refractivity contribution in [2.75, 3.05) is 11.1 Å². The molecule has 1 amide bonds. The van der Waals surface area contributed by atoms with Crippen LogP contribution in [0.2, 0.25) is 0 Å². The minimum absolute atomic E-state index is 0.0252. The van der Waals surface area contributed by atoms with Crippen molar-refractivity contribution < 1.29 is 9.00 Å². The van der Waals surface area contributed by atoms with E-state index in [1.165, 1.54) is 0 Å². The van der Waals surface area contributed by atoms with Crippen molar-refractivity contribution in [2.45, 2.75) is 37.7 Å². The number of hydrogen-bond acceptors (Lipinski definition) is 3. The lowest BCUT2D eigenvalue weighted by atomic mass is 10.3. The van der Waals surface area contributed by atoms with Crippen LogP contribution in [0.25, 0.3) is 0 Å². The van der Waals surface area contributed by atoms with Gasteiger partial charge in [0.2, 0.25) is 5.91 Å². The topological polar surface area (TPSA) is 72.2 Å². The number of nitrogens with two attached hydrogens (primary N) is 1. The summed E-state index contributed by atoms with van der Waals surface area (Å²) in [6.45, 7) is 5.55. The zero-order valence-electron chi connectivity index (χ0n) is 11.0. The summed E-state index contributed by atoms with van der Waals surface area (Å²) in [4.78, 5) is 11.9. The summed E-state index contributed by atoms with van der Waals surface area (Å²) in [5.74, 6) is -0.224. The van der Waals surface area contributed by atoms with Gasteiger partial charge in [0.15, 0.2) is 0 Å². The minimum Gasteiger partial charge on any atom is -0.399 e.